The monoisotopic (exact) mass is 368 g/mol. The third-order valence-corrected chi connectivity index (χ3v) is 4.36. The van der Waals surface area contributed by atoms with Gasteiger partial charge in [-0.05, 0) is 36.8 Å². The van der Waals surface area contributed by atoms with Gasteiger partial charge in [-0.25, -0.2) is 4.79 Å². The minimum absolute atomic E-state index is 0.105. The van der Waals surface area contributed by atoms with Crippen LogP contribution in [0, 0.1) is 6.92 Å². The molecule has 2 aromatic rings. The molecule has 27 heavy (non-hydrogen) atoms. The number of ether oxygens (including phenoxy) is 2. The lowest BCUT2D eigenvalue weighted by molar-refractivity contribution is -0.123. The fourth-order valence-corrected chi connectivity index (χ4v) is 2.88. The van der Waals surface area contributed by atoms with Crippen LogP contribution in [0.2, 0.25) is 0 Å². The highest BCUT2D eigenvalue weighted by atomic mass is 16.5. The van der Waals surface area contributed by atoms with Gasteiger partial charge in [0, 0.05) is 12.6 Å². The summed E-state index contributed by atoms with van der Waals surface area (Å²) < 4.78 is 10.5. The third kappa shape index (κ3) is 3.76. The first-order chi connectivity index (χ1) is 12.9. The molecule has 3 rings (SSSR count). The summed E-state index contributed by atoms with van der Waals surface area (Å²) >= 11 is 0. The van der Waals surface area contributed by atoms with Crippen LogP contribution in [0.5, 0.6) is 5.75 Å². The van der Waals surface area contributed by atoms with E-state index in [1.54, 1.807) is 42.5 Å². The van der Waals surface area contributed by atoms with E-state index in [4.69, 9.17) is 9.47 Å². The summed E-state index contributed by atoms with van der Waals surface area (Å²) in [6.45, 7) is 3.37. The first-order valence-corrected chi connectivity index (χ1v) is 8.44. The number of benzene rings is 2. The summed E-state index contributed by atoms with van der Waals surface area (Å²) in [4.78, 5) is 38.0. The molecule has 0 bridgehead atoms. The van der Waals surface area contributed by atoms with E-state index < -0.39 is 18.0 Å². The predicted octanol–water partition coefficient (Wildman–Crippen LogP) is 2.53. The van der Waals surface area contributed by atoms with Crippen LogP contribution in [-0.2, 0) is 14.3 Å². The Balaban J connectivity index is 1.83. The minimum Gasteiger partial charge on any atom is -0.476 e. The van der Waals surface area contributed by atoms with E-state index in [0.29, 0.717) is 22.7 Å². The molecule has 0 saturated heterocycles. The van der Waals surface area contributed by atoms with Gasteiger partial charge in [-0.15, -0.1) is 0 Å². The van der Waals surface area contributed by atoms with Gasteiger partial charge >= 0.3 is 5.97 Å². The number of hydrogen-bond acceptors (Lipinski definition) is 5. The molecule has 7 heteroatoms. The standard InChI is InChI=1S/C20H20N2O5/c1-12-8-9-14(20(25)26-3)10-15(12)21-19(24)18-11-22(13(2)23)16-6-4-5-7-17(16)27-18/h4-10,18H,11H2,1-3H3,(H,21,24)/t18-/m0/s1. The Bertz CT molecular complexity index is 909. The highest BCUT2D eigenvalue weighted by Crippen LogP contribution is 2.33. The van der Waals surface area contributed by atoms with E-state index in [1.807, 2.05) is 6.92 Å². The topological polar surface area (TPSA) is 84.9 Å². The van der Waals surface area contributed by atoms with Gasteiger partial charge in [0.25, 0.3) is 5.91 Å². The highest BCUT2D eigenvalue weighted by Gasteiger charge is 2.32. The van der Waals surface area contributed by atoms with Crippen LogP contribution in [0.4, 0.5) is 11.4 Å². The molecule has 0 radical (unpaired) electrons. The first-order valence-electron chi connectivity index (χ1n) is 8.44. The summed E-state index contributed by atoms with van der Waals surface area (Å²) in [6, 6.07) is 12.0. The van der Waals surface area contributed by atoms with Crippen molar-refractivity contribution in [1.82, 2.24) is 0 Å². The van der Waals surface area contributed by atoms with Gasteiger partial charge in [0.15, 0.2) is 6.10 Å². The number of para-hydroxylation sites is 2. The molecule has 2 aromatic carbocycles. The average Bonchev–Trinajstić information content (AvgIpc) is 2.67. The summed E-state index contributed by atoms with van der Waals surface area (Å²) in [5, 5.41) is 2.78. The Morgan fingerprint density at radius 2 is 1.93 bits per heavy atom. The van der Waals surface area contributed by atoms with Crippen molar-refractivity contribution in [2.75, 3.05) is 23.9 Å². The Morgan fingerprint density at radius 1 is 1.19 bits per heavy atom. The van der Waals surface area contributed by atoms with Gasteiger partial charge in [0.1, 0.15) is 5.75 Å². The van der Waals surface area contributed by atoms with Gasteiger partial charge in [0.2, 0.25) is 5.91 Å². The minimum atomic E-state index is -0.870. The fraction of sp³-hybridized carbons (Fsp3) is 0.250. The molecule has 0 aliphatic carbocycles. The highest BCUT2D eigenvalue weighted by molar-refractivity contribution is 6.00. The lowest BCUT2D eigenvalue weighted by Gasteiger charge is -2.33. The Hall–Kier alpha value is -3.35. The van der Waals surface area contributed by atoms with Crippen LogP contribution in [0.15, 0.2) is 42.5 Å². The largest absolute Gasteiger partial charge is 0.476 e. The SMILES string of the molecule is COC(=O)c1ccc(C)c(NC(=O)[C@@H]2CN(C(C)=O)c3ccccc3O2)c1. The van der Waals surface area contributed by atoms with Crippen molar-refractivity contribution >= 4 is 29.2 Å². The maximum absolute atomic E-state index is 12.8. The maximum Gasteiger partial charge on any atom is 0.337 e. The van der Waals surface area contributed by atoms with Gasteiger partial charge < -0.3 is 19.7 Å². The first kappa shape index (κ1) is 18.4. The van der Waals surface area contributed by atoms with Crippen molar-refractivity contribution in [2.24, 2.45) is 0 Å². The van der Waals surface area contributed by atoms with Gasteiger partial charge in [-0.3, -0.25) is 9.59 Å². The second-order valence-corrected chi connectivity index (χ2v) is 6.21. The molecule has 0 saturated carbocycles. The molecule has 0 spiro atoms. The molecule has 0 fully saturated rings. The number of fused-ring (bicyclic) bond motifs is 1. The molecule has 1 atom stereocenters. The molecular weight excluding hydrogens is 348 g/mol. The zero-order valence-corrected chi connectivity index (χ0v) is 15.3. The van der Waals surface area contributed by atoms with E-state index in [9.17, 15) is 14.4 Å². The maximum atomic E-state index is 12.8. The quantitative estimate of drug-likeness (QED) is 0.842. The number of amides is 2. The lowest BCUT2D eigenvalue weighted by atomic mass is 10.1. The lowest BCUT2D eigenvalue weighted by Crippen LogP contribution is -2.48. The molecular formula is C20H20N2O5. The second kappa shape index (κ2) is 7.49. The summed E-state index contributed by atoms with van der Waals surface area (Å²) in [5.74, 6) is -0.594. The van der Waals surface area contributed by atoms with Crippen LogP contribution in [-0.4, -0.2) is 37.5 Å². The van der Waals surface area contributed by atoms with E-state index in [0.717, 1.165) is 5.56 Å². The summed E-state index contributed by atoms with van der Waals surface area (Å²) in [5.41, 5.74) is 2.24. The van der Waals surface area contributed by atoms with E-state index in [2.05, 4.69) is 5.32 Å². The van der Waals surface area contributed by atoms with Crippen molar-refractivity contribution in [3.63, 3.8) is 0 Å². The van der Waals surface area contributed by atoms with Crippen LogP contribution in [0.1, 0.15) is 22.8 Å². The normalized spacial score (nSPS) is 15.4. The Labute approximate surface area is 156 Å². The Kier molecular flexibility index (Phi) is 5.12. The van der Waals surface area contributed by atoms with E-state index in [-0.39, 0.29) is 12.5 Å². The van der Waals surface area contributed by atoms with Crippen LogP contribution >= 0.6 is 0 Å². The van der Waals surface area contributed by atoms with E-state index >= 15 is 0 Å². The van der Waals surface area contributed by atoms with Crippen molar-refractivity contribution in [1.29, 1.82) is 0 Å². The van der Waals surface area contributed by atoms with Crippen molar-refractivity contribution in [3.8, 4) is 5.75 Å². The number of rotatable bonds is 3. The number of aryl methyl sites for hydroxylation is 1. The third-order valence-electron chi connectivity index (χ3n) is 4.36. The number of carbonyl (C=O) groups is 3. The molecule has 140 valence electrons. The molecule has 1 heterocycles. The average molecular weight is 368 g/mol. The van der Waals surface area contributed by atoms with Crippen molar-refractivity contribution in [2.45, 2.75) is 20.0 Å². The number of anilines is 2. The number of carbonyl (C=O) groups excluding carboxylic acids is 3. The number of methoxy groups -OCH3 is 1. The van der Waals surface area contributed by atoms with E-state index in [1.165, 1.54) is 18.9 Å². The molecule has 1 aliphatic heterocycles. The summed E-state index contributed by atoms with van der Waals surface area (Å²) in [7, 11) is 1.30. The zero-order valence-electron chi connectivity index (χ0n) is 15.3. The van der Waals surface area contributed by atoms with Gasteiger partial charge in [-0.1, -0.05) is 18.2 Å². The molecule has 1 aliphatic rings. The predicted molar refractivity (Wildman–Crippen MR) is 100 cm³/mol. The molecule has 0 unspecified atom stereocenters. The molecule has 7 nitrogen and oxygen atoms in total. The zero-order chi connectivity index (χ0) is 19.6. The number of esters is 1. The smallest absolute Gasteiger partial charge is 0.337 e. The van der Waals surface area contributed by atoms with Crippen molar-refractivity contribution < 1.29 is 23.9 Å². The van der Waals surface area contributed by atoms with Crippen molar-refractivity contribution in [3.05, 3.63) is 53.6 Å². The molecule has 1 N–H and O–H groups in total. The molecule has 0 aromatic heterocycles. The number of hydrogen-bond donors (Lipinski definition) is 1. The molecule has 2 amide bonds. The van der Waals surface area contributed by atoms with Crippen LogP contribution < -0.4 is 15.0 Å². The fourth-order valence-electron chi connectivity index (χ4n) is 2.88. The number of nitrogens with one attached hydrogen (secondary N) is 1. The van der Waals surface area contributed by atoms with Crippen LogP contribution in [0.3, 0.4) is 0 Å². The van der Waals surface area contributed by atoms with Crippen LogP contribution in [0.25, 0.3) is 0 Å². The van der Waals surface area contributed by atoms with Gasteiger partial charge in [0.05, 0.1) is 24.9 Å². The second-order valence-electron chi connectivity index (χ2n) is 6.21. The number of nitrogens with zero attached hydrogens (tertiary/aromatic N) is 1. The van der Waals surface area contributed by atoms with Gasteiger partial charge in [-0.2, -0.15) is 0 Å². The Morgan fingerprint density at radius 3 is 2.63 bits per heavy atom. The summed E-state index contributed by atoms with van der Waals surface area (Å²) in [6.07, 6.45) is -0.870.